The van der Waals surface area contributed by atoms with E-state index in [1.807, 2.05) is 0 Å². The first-order chi connectivity index (χ1) is 17.2. The molecule has 2 amide bonds. The van der Waals surface area contributed by atoms with Crippen molar-refractivity contribution in [3.63, 3.8) is 0 Å². The summed E-state index contributed by atoms with van der Waals surface area (Å²) in [4.78, 5) is 23.3. The van der Waals surface area contributed by atoms with Crippen LogP contribution in [0.3, 0.4) is 0 Å². The summed E-state index contributed by atoms with van der Waals surface area (Å²) < 4.78 is 33.7. The predicted octanol–water partition coefficient (Wildman–Crippen LogP) is 3.73. The van der Waals surface area contributed by atoms with Crippen LogP contribution in [0, 0.1) is 0 Å². The van der Waals surface area contributed by atoms with Gasteiger partial charge in [-0.1, -0.05) is 41.4 Å². The number of amides is 2. The number of furan rings is 1. The monoisotopic (exact) mass is 548 g/mol. The molecule has 2 aromatic carbocycles. The molecule has 1 aromatic heterocycles. The van der Waals surface area contributed by atoms with Crippen LogP contribution >= 0.6 is 23.2 Å². The lowest BCUT2D eigenvalue weighted by molar-refractivity contribution is -0.139. The molecule has 0 spiro atoms. The van der Waals surface area contributed by atoms with E-state index in [2.05, 4.69) is 22.4 Å². The summed E-state index contributed by atoms with van der Waals surface area (Å²) in [5.74, 6) is -1.24. The maximum absolute atomic E-state index is 13.4. The molecular weight excluding hydrogens is 527 g/mol. The Morgan fingerprint density at radius 3 is 2.22 bits per heavy atom. The van der Waals surface area contributed by atoms with Gasteiger partial charge in [0, 0.05) is 23.1 Å². The van der Waals surface area contributed by atoms with Gasteiger partial charge >= 0.3 is 11.8 Å². The number of hydrazone groups is 1. The smallest absolute Gasteiger partial charge is 0.329 e. The van der Waals surface area contributed by atoms with Crippen LogP contribution in [-0.4, -0.2) is 37.3 Å². The number of carbonyl (C=O) groups is 2. The fraction of sp³-hybridized carbons (Fsp3) is 0.125. The van der Waals surface area contributed by atoms with Crippen molar-refractivity contribution in [1.82, 2.24) is 15.0 Å². The van der Waals surface area contributed by atoms with Gasteiger partial charge in [-0.25, -0.2) is 13.8 Å². The van der Waals surface area contributed by atoms with E-state index in [0.29, 0.717) is 15.8 Å². The van der Waals surface area contributed by atoms with Crippen LogP contribution in [0.25, 0.3) is 0 Å². The molecule has 0 aliphatic rings. The molecule has 1 heterocycles. The summed E-state index contributed by atoms with van der Waals surface area (Å²) in [6.07, 6.45) is 2.63. The first kappa shape index (κ1) is 27.2. The Morgan fingerprint density at radius 2 is 1.58 bits per heavy atom. The number of benzene rings is 2. The van der Waals surface area contributed by atoms with Crippen LogP contribution in [0.5, 0.6) is 0 Å². The van der Waals surface area contributed by atoms with Crippen LogP contribution in [0.4, 0.5) is 0 Å². The van der Waals surface area contributed by atoms with E-state index in [1.165, 1.54) is 40.9 Å². The first-order valence-corrected chi connectivity index (χ1v) is 12.7. The fourth-order valence-corrected chi connectivity index (χ4v) is 4.59. The maximum Gasteiger partial charge on any atom is 0.329 e. The predicted molar refractivity (Wildman–Crippen MR) is 137 cm³/mol. The summed E-state index contributed by atoms with van der Waals surface area (Å²) in [6, 6.07) is 15.8. The van der Waals surface area contributed by atoms with Crippen molar-refractivity contribution in [2.75, 3.05) is 6.54 Å². The van der Waals surface area contributed by atoms with Crippen molar-refractivity contribution in [3.05, 3.63) is 100 Å². The van der Waals surface area contributed by atoms with Gasteiger partial charge in [-0.3, -0.25) is 9.59 Å². The third kappa shape index (κ3) is 7.53. The van der Waals surface area contributed by atoms with Gasteiger partial charge < -0.3 is 9.73 Å². The second kappa shape index (κ2) is 12.5. The number of carbonyl (C=O) groups excluding carboxylic acids is 2. The molecule has 188 valence electrons. The number of sulfonamides is 1. The Morgan fingerprint density at radius 1 is 0.944 bits per heavy atom. The zero-order valence-corrected chi connectivity index (χ0v) is 21.2. The SMILES string of the molecule is C=CCNC(=O)C(=O)N/N=C/c1ccc(CN(Cc2ccc(Cl)cc2)S(=O)(=O)c2ccc(Cl)cc2)o1. The molecule has 12 heteroatoms. The molecule has 0 atom stereocenters. The molecule has 3 rings (SSSR count). The second-order valence-electron chi connectivity index (χ2n) is 7.36. The number of halogens is 2. The molecule has 0 saturated heterocycles. The van der Waals surface area contributed by atoms with Crippen LogP contribution in [-0.2, 0) is 32.7 Å². The highest BCUT2D eigenvalue weighted by molar-refractivity contribution is 7.89. The fourth-order valence-electron chi connectivity index (χ4n) is 2.95. The quantitative estimate of drug-likeness (QED) is 0.173. The number of nitrogens with zero attached hydrogens (tertiary/aromatic N) is 2. The van der Waals surface area contributed by atoms with Crippen molar-refractivity contribution in [2.45, 2.75) is 18.0 Å². The van der Waals surface area contributed by atoms with E-state index in [0.717, 1.165) is 5.56 Å². The van der Waals surface area contributed by atoms with E-state index >= 15 is 0 Å². The molecule has 0 aliphatic heterocycles. The Balaban J connectivity index is 1.76. The summed E-state index contributed by atoms with van der Waals surface area (Å²) in [7, 11) is -3.92. The van der Waals surface area contributed by atoms with E-state index in [4.69, 9.17) is 27.6 Å². The largest absolute Gasteiger partial charge is 0.459 e. The number of hydrogen-bond acceptors (Lipinski definition) is 6. The van der Waals surface area contributed by atoms with Crippen LogP contribution in [0.2, 0.25) is 10.0 Å². The lowest BCUT2D eigenvalue weighted by Crippen LogP contribution is -2.37. The normalized spacial score (nSPS) is 11.5. The van der Waals surface area contributed by atoms with Gasteiger partial charge in [-0.05, 0) is 54.1 Å². The summed E-state index contributed by atoms with van der Waals surface area (Å²) >= 11 is 11.9. The minimum absolute atomic E-state index is 0.0577. The number of rotatable bonds is 10. The van der Waals surface area contributed by atoms with Gasteiger partial charge in [0.05, 0.1) is 17.7 Å². The molecule has 3 aromatic rings. The molecule has 9 nitrogen and oxygen atoms in total. The van der Waals surface area contributed by atoms with E-state index in [9.17, 15) is 18.0 Å². The number of nitrogens with one attached hydrogen (secondary N) is 2. The van der Waals surface area contributed by atoms with Gasteiger partial charge in [0.1, 0.15) is 11.5 Å². The van der Waals surface area contributed by atoms with Gasteiger partial charge in [0.2, 0.25) is 10.0 Å². The summed E-state index contributed by atoms with van der Waals surface area (Å²) in [5.41, 5.74) is 2.80. The first-order valence-electron chi connectivity index (χ1n) is 10.5. The highest BCUT2D eigenvalue weighted by atomic mass is 35.5. The van der Waals surface area contributed by atoms with Gasteiger partial charge in [0.15, 0.2) is 0 Å². The Kier molecular flexibility index (Phi) is 9.43. The van der Waals surface area contributed by atoms with Crippen LogP contribution < -0.4 is 10.7 Å². The van der Waals surface area contributed by atoms with E-state index < -0.39 is 21.8 Å². The van der Waals surface area contributed by atoms with Crippen molar-refractivity contribution in [2.24, 2.45) is 5.10 Å². The molecule has 0 saturated carbocycles. The summed E-state index contributed by atoms with van der Waals surface area (Å²) in [5, 5.41) is 6.95. The average molecular weight is 549 g/mol. The van der Waals surface area contributed by atoms with Crippen LogP contribution in [0.1, 0.15) is 17.1 Å². The zero-order valence-electron chi connectivity index (χ0n) is 18.9. The minimum atomic E-state index is -3.92. The van der Waals surface area contributed by atoms with Crippen molar-refractivity contribution in [3.8, 4) is 0 Å². The van der Waals surface area contributed by atoms with E-state index in [-0.39, 0.29) is 30.3 Å². The standard InChI is InChI=1S/C24H22Cl2N4O5S/c1-2-13-27-23(31)24(32)29-28-14-20-9-10-21(35-20)16-30(15-17-3-5-18(25)6-4-17)36(33,34)22-11-7-19(26)8-12-22/h2-12,14H,1,13,15-16H2,(H,27,31)(H,29,32)/b28-14+. The Labute approximate surface area is 218 Å². The Bertz CT molecular complexity index is 1350. The lowest BCUT2D eigenvalue weighted by Gasteiger charge is -2.21. The van der Waals surface area contributed by atoms with Crippen molar-refractivity contribution in [1.29, 1.82) is 0 Å². The molecule has 36 heavy (non-hydrogen) atoms. The molecule has 0 fully saturated rings. The highest BCUT2D eigenvalue weighted by Crippen LogP contribution is 2.24. The van der Waals surface area contributed by atoms with Gasteiger partial charge in [-0.15, -0.1) is 6.58 Å². The second-order valence-corrected chi connectivity index (χ2v) is 10.2. The van der Waals surface area contributed by atoms with Gasteiger partial charge in [0.25, 0.3) is 0 Å². The zero-order chi connectivity index (χ0) is 26.1. The third-order valence-corrected chi connectivity index (χ3v) is 7.02. The minimum Gasteiger partial charge on any atom is -0.459 e. The molecule has 0 radical (unpaired) electrons. The molecular formula is C24H22Cl2N4O5S. The maximum atomic E-state index is 13.4. The molecule has 2 N–H and O–H groups in total. The van der Waals surface area contributed by atoms with E-state index in [1.54, 1.807) is 36.4 Å². The molecule has 0 bridgehead atoms. The van der Waals surface area contributed by atoms with Crippen molar-refractivity contribution >= 4 is 51.3 Å². The topological polar surface area (TPSA) is 121 Å². The highest BCUT2D eigenvalue weighted by Gasteiger charge is 2.26. The Hall–Kier alpha value is -3.44. The van der Waals surface area contributed by atoms with Gasteiger partial charge in [-0.2, -0.15) is 9.41 Å². The third-order valence-electron chi connectivity index (χ3n) is 4.71. The lowest BCUT2D eigenvalue weighted by atomic mass is 10.2. The average Bonchev–Trinajstić information content (AvgIpc) is 3.30. The van der Waals surface area contributed by atoms with Crippen LogP contribution in [0.15, 0.2) is 87.7 Å². The summed E-state index contributed by atoms with van der Waals surface area (Å²) in [6.45, 7) is 3.55. The molecule has 0 aliphatic carbocycles. The van der Waals surface area contributed by atoms with Crippen molar-refractivity contribution < 1.29 is 22.4 Å². The molecule has 0 unspecified atom stereocenters. The number of hydrogen-bond donors (Lipinski definition) is 2.